The fraction of sp³-hybridized carbons (Fsp3) is 0.611. The van der Waals surface area contributed by atoms with Gasteiger partial charge in [-0.2, -0.15) is 0 Å². The summed E-state index contributed by atoms with van der Waals surface area (Å²) in [6.07, 6.45) is 5.11. The van der Waals surface area contributed by atoms with E-state index in [0.29, 0.717) is 6.04 Å². The number of hydrogen-bond donors (Lipinski definition) is 2. The lowest BCUT2D eigenvalue weighted by Gasteiger charge is -2.20. The molecule has 0 fully saturated rings. The van der Waals surface area contributed by atoms with Gasteiger partial charge in [-0.05, 0) is 43.5 Å². The van der Waals surface area contributed by atoms with Crippen molar-refractivity contribution in [1.82, 2.24) is 5.32 Å². The molecule has 118 valence electrons. The van der Waals surface area contributed by atoms with Crippen molar-refractivity contribution in [3.8, 4) is 0 Å². The van der Waals surface area contributed by atoms with Gasteiger partial charge in [0.25, 0.3) is 0 Å². The minimum atomic E-state index is -0.0293. The molecule has 0 heterocycles. The van der Waals surface area contributed by atoms with Gasteiger partial charge in [0.2, 0.25) is 5.91 Å². The molecule has 3 nitrogen and oxygen atoms in total. The first-order valence-corrected chi connectivity index (χ1v) is 8.17. The summed E-state index contributed by atoms with van der Waals surface area (Å²) in [6, 6.07) is 8.37. The van der Waals surface area contributed by atoms with Crippen molar-refractivity contribution < 1.29 is 4.79 Å². The summed E-state index contributed by atoms with van der Waals surface area (Å²) in [5.74, 6) is 0.726. The second kappa shape index (κ2) is 9.56. The molecule has 1 amide bonds. The van der Waals surface area contributed by atoms with Crippen LogP contribution in [0.1, 0.15) is 65.0 Å². The van der Waals surface area contributed by atoms with Gasteiger partial charge in [-0.25, -0.2) is 0 Å². The molecule has 21 heavy (non-hydrogen) atoms. The quantitative estimate of drug-likeness (QED) is 0.702. The molecule has 1 rings (SSSR count). The van der Waals surface area contributed by atoms with Gasteiger partial charge in [0.05, 0.1) is 0 Å². The Morgan fingerprint density at radius 3 is 2.67 bits per heavy atom. The zero-order chi connectivity index (χ0) is 15.7. The number of unbranched alkanes of at least 4 members (excludes halogenated alkanes) is 1. The van der Waals surface area contributed by atoms with Gasteiger partial charge in [0.1, 0.15) is 0 Å². The highest BCUT2D eigenvalue weighted by atomic mass is 16.1. The Labute approximate surface area is 129 Å². The number of carbonyl (C=O) groups excluding carboxylic acids is 1. The van der Waals surface area contributed by atoms with Gasteiger partial charge in [-0.15, -0.1) is 0 Å². The van der Waals surface area contributed by atoms with Gasteiger partial charge < -0.3 is 10.6 Å². The molecule has 0 aliphatic rings. The average molecular weight is 290 g/mol. The molecule has 2 N–H and O–H groups in total. The Morgan fingerprint density at radius 2 is 2.05 bits per heavy atom. The molecule has 0 spiro atoms. The van der Waals surface area contributed by atoms with E-state index in [1.807, 2.05) is 18.2 Å². The predicted molar refractivity (Wildman–Crippen MR) is 90.5 cm³/mol. The van der Waals surface area contributed by atoms with Crippen LogP contribution >= 0.6 is 0 Å². The molecular weight excluding hydrogens is 260 g/mol. The molecule has 1 aromatic carbocycles. The van der Waals surface area contributed by atoms with Crippen LogP contribution < -0.4 is 10.6 Å². The Morgan fingerprint density at radius 1 is 1.29 bits per heavy atom. The minimum absolute atomic E-state index is 0.0293. The van der Waals surface area contributed by atoms with E-state index >= 15 is 0 Å². The van der Waals surface area contributed by atoms with E-state index in [4.69, 9.17) is 0 Å². The van der Waals surface area contributed by atoms with E-state index in [0.717, 1.165) is 18.2 Å². The maximum Gasteiger partial charge on any atom is 0.221 e. The van der Waals surface area contributed by atoms with Crippen molar-refractivity contribution in [2.24, 2.45) is 5.92 Å². The number of nitrogens with one attached hydrogen (secondary N) is 2. The summed E-state index contributed by atoms with van der Waals surface area (Å²) >= 11 is 0. The molecule has 1 aromatic rings. The summed E-state index contributed by atoms with van der Waals surface area (Å²) in [6.45, 7) is 9.29. The first-order valence-electron chi connectivity index (χ1n) is 8.17. The minimum Gasteiger partial charge on any atom is -0.326 e. The van der Waals surface area contributed by atoms with Crippen LogP contribution in [0, 0.1) is 5.92 Å². The SMILES string of the molecule is CCCCC(CC)CNC(C)c1cccc(NC(C)=O)c1. The largest absolute Gasteiger partial charge is 0.326 e. The van der Waals surface area contributed by atoms with E-state index in [1.54, 1.807) is 0 Å². The fourth-order valence-corrected chi connectivity index (χ4v) is 2.49. The van der Waals surface area contributed by atoms with Crippen LogP contribution in [0.15, 0.2) is 24.3 Å². The van der Waals surface area contributed by atoms with Crippen molar-refractivity contribution in [3.63, 3.8) is 0 Å². The molecule has 2 atom stereocenters. The molecular formula is C18H30N2O. The third kappa shape index (κ3) is 6.76. The highest BCUT2D eigenvalue weighted by Gasteiger charge is 2.10. The van der Waals surface area contributed by atoms with Crippen LogP contribution in [0.25, 0.3) is 0 Å². The normalized spacial score (nSPS) is 13.7. The lowest BCUT2D eigenvalue weighted by atomic mass is 9.98. The van der Waals surface area contributed by atoms with Gasteiger partial charge in [0.15, 0.2) is 0 Å². The van der Waals surface area contributed by atoms with E-state index < -0.39 is 0 Å². The highest BCUT2D eigenvalue weighted by Crippen LogP contribution is 2.19. The van der Waals surface area contributed by atoms with Crippen LogP contribution in [0.4, 0.5) is 5.69 Å². The lowest BCUT2D eigenvalue weighted by molar-refractivity contribution is -0.114. The molecule has 0 bridgehead atoms. The molecule has 0 aromatic heterocycles. The number of amides is 1. The molecule has 0 saturated heterocycles. The van der Waals surface area contributed by atoms with Crippen molar-refractivity contribution >= 4 is 11.6 Å². The number of carbonyl (C=O) groups is 1. The Bertz CT molecular complexity index is 431. The van der Waals surface area contributed by atoms with Crippen LogP contribution in [0.2, 0.25) is 0 Å². The molecule has 0 aliphatic carbocycles. The Hall–Kier alpha value is -1.35. The third-order valence-corrected chi connectivity index (χ3v) is 3.96. The zero-order valence-corrected chi connectivity index (χ0v) is 13.9. The number of benzene rings is 1. The summed E-state index contributed by atoms with van der Waals surface area (Å²) in [5.41, 5.74) is 2.08. The van der Waals surface area contributed by atoms with E-state index in [9.17, 15) is 4.79 Å². The van der Waals surface area contributed by atoms with Crippen molar-refractivity contribution in [1.29, 1.82) is 0 Å². The zero-order valence-electron chi connectivity index (χ0n) is 13.9. The van der Waals surface area contributed by atoms with E-state index in [1.165, 1.54) is 38.2 Å². The van der Waals surface area contributed by atoms with Crippen LogP contribution in [0.3, 0.4) is 0 Å². The van der Waals surface area contributed by atoms with E-state index in [-0.39, 0.29) is 5.91 Å². The third-order valence-electron chi connectivity index (χ3n) is 3.96. The monoisotopic (exact) mass is 290 g/mol. The van der Waals surface area contributed by atoms with E-state index in [2.05, 4.69) is 37.5 Å². The standard InChI is InChI=1S/C18H30N2O/c1-5-7-9-16(6-2)13-19-14(3)17-10-8-11-18(12-17)20-15(4)21/h8,10-12,14,16,19H,5-7,9,13H2,1-4H3,(H,20,21). The van der Waals surface area contributed by atoms with Gasteiger partial charge in [-0.1, -0.05) is 45.2 Å². The van der Waals surface area contributed by atoms with Crippen LogP contribution in [-0.2, 0) is 4.79 Å². The molecule has 3 heteroatoms. The first kappa shape index (κ1) is 17.7. The number of hydrogen-bond acceptors (Lipinski definition) is 2. The maximum atomic E-state index is 11.1. The topological polar surface area (TPSA) is 41.1 Å². The average Bonchev–Trinajstić information content (AvgIpc) is 2.46. The highest BCUT2D eigenvalue weighted by molar-refractivity contribution is 5.88. The van der Waals surface area contributed by atoms with Gasteiger partial charge in [0, 0.05) is 18.7 Å². The summed E-state index contributed by atoms with van der Waals surface area (Å²) < 4.78 is 0. The molecule has 0 saturated carbocycles. The van der Waals surface area contributed by atoms with Crippen molar-refractivity contribution in [2.45, 2.75) is 59.4 Å². The second-order valence-electron chi connectivity index (χ2n) is 5.85. The molecule has 0 aliphatic heterocycles. The maximum absolute atomic E-state index is 11.1. The molecule has 2 unspecified atom stereocenters. The summed E-state index contributed by atoms with van der Waals surface area (Å²) in [7, 11) is 0. The second-order valence-corrected chi connectivity index (χ2v) is 5.85. The van der Waals surface area contributed by atoms with Gasteiger partial charge >= 0.3 is 0 Å². The first-order chi connectivity index (χ1) is 10.1. The Balaban J connectivity index is 2.54. The van der Waals surface area contributed by atoms with Crippen molar-refractivity contribution in [2.75, 3.05) is 11.9 Å². The molecule has 0 radical (unpaired) electrons. The van der Waals surface area contributed by atoms with Gasteiger partial charge in [-0.3, -0.25) is 4.79 Å². The Kier molecular flexibility index (Phi) is 8.06. The summed E-state index contributed by atoms with van der Waals surface area (Å²) in [4.78, 5) is 11.1. The van der Waals surface area contributed by atoms with Crippen LogP contribution in [-0.4, -0.2) is 12.5 Å². The number of rotatable bonds is 9. The predicted octanol–water partition coefficient (Wildman–Crippen LogP) is 4.51. The number of anilines is 1. The van der Waals surface area contributed by atoms with Crippen molar-refractivity contribution in [3.05, 3.63) is 29.8 Å². The smallest absolute Gasteiger partial charge is 0.221 e. The van der Waals surface area contributed by atoms with Crippen LogP contribution in [0.5, 0.6) is 0 Å². The summed E-state index contributed by atoms with van der Waals surface area (Å²) in [5, 5.41) is 6.46. The lowest BCUT2D eigenvalue weighted by Crippen LogP contribution is -2.25. The fourth-order valence-electron chi connectivity index (χ4n) is 2.49.